The van der Waals surface area contributed by atoms with Crippen molar-refractivity contribution >= 4 is 12.4 Å². The second kappa shape index (κ2) is 7.85. The Bertz CT molecular complexity index is 364. The second-order valence-corrected chi connectivity index (χ2v) is 5.49. The highest BCUT2D eigenvalue weighted by atomic mass is 35.5. The molecule has 1 unspecified atom stereocenters. The number of halogens is 1. The van der Waals surface area contributed by atoms with Crippen molar-refractivity contribution in [2.24, 2.45) is 0 Å². The molecule has 1 N–H and O–H groups in total. The van der Waals surface area contributed by atoms with Crippen LogP contribution >= 0.6 is 12.4 Å². The summed E-state index contributed by atoms with van der Waals surface area (Å²) < 4.78 is 0. The van der Waals surface area contributed by atoms with Crippen molar-refractivity contribution in [1.82, 2.24) is 15.1 Å². The number of nitrogens with one attached hydrogen (secondary N) is 1. The van der Waals surface area contributed by atoms with Crippen molar-refractivity contribution < 1.29 is 0 Å². The molecule has 1 aliphatic rings. The third-order valence-electron chi connectivity index (χ3n) is 3.79. The lowest BCUT2D eigenvalue weighted by Gasteiger charge is -2.20. The molecule has 0 amide bonds. The standard InChI is InChI=1S/C15H25N3.ClH/c1-16-10-13-4-6-14(7-5-13)11-18-9-8-15(12-18)17(2)3;/h4-7,15-16H,8-12H2,1-3H3;1H. The molecule has 1 aromatic carbocycles. The van der Waals surface area contributed by atoms with Gasteiger partial charge in [0.1, 0.15) is 0 Å². The lowest BCUT2D eigenvalue weighted by molar-refractivity contribution is 0.264. The maximum Gasteiger partial charge on any atom is 0.0234 e. The van der Waals surface area contributed by atoms with Gasteiger partial charge in [0, 0.05) is 32.2 Å². The van der Waals surface area contributed by atoms with Crippen LogP contribution in [0.4, 0.5) is 0 Å². The molecule has 19 heavy (non-hydrogen) atoms. The summed E-state index contributed by atoms with van der Waals surface area (Å²) in [6.45, 7) is 4.46. The Labute approximate surface area is 123 Å². The van der Waals surface area contributed by atoms with Gasteiger partial charge in [-0.3, -0.25) is 4.90 Å². The minimum absolute atomic E-state index is 0. The van der Waals surface area contributed by atoms with Crippen LogP contribution in [0.15, 0.2) is 24.3 Å². The van der Waals surface area contributed by atoms with Gasteiger partial charge in [-0.15, -0.1) is 12.4 Å². The first-order valence-corrected chi connectivity index (χ1v) is 6.80. The number of likely N-dealkylation sites (N-methyl/N-ethyl adjacent to an activating group) is 1. The van der Waals surface area contributed by atoms with Crippen LogP contribution in [0.5, 0.6) is 0 Å². The van der Waals surface area contributed by atoms with Crippen molar-refractivity contribution in [2.45, 2.75) is 25.6 Å². The van der Waals surface area contributed by atoms with Crippen LogP contribution in [-0.2, 0) is 13.1 Å². The summed E-state index contributed by atoms with van der Waals surface area (Å²) in [7, 11) is 6.35. The molecule has 108 valence electrons. The molecule has 1 aromatic rings. The number of likely N-dealkylation sites (tertiary alicyclic amines) is 1. The fraction of sp³-hybridized carbons (Fsp3) is 0.600. The molecule has 1 atom stereocenters. The molecule has 0 spiro atoms. The average molecular weight is 284 g/mol. The summed E-state index contributed by atoms with van der Waals surface area (Å²) in [6, 6.07) is 9.70. The molecule has 1 fully saturated rings. The van der Waals surface area contributed by atoms with Crippen molar-refractivity contribution in [3.8, 4) is 0 Å². The highest BCUT2D eigenvalue weighted by molar-refractivity contribution is 5.85. The first-order chi connectivity index (χ1) is 8.69. The van der Waals surface area contributed by atoms with Gasteiger partial charge in [-0.2, -0.15) is 0 Å². The summed E-state index contributed by atoms with van der Waals surface area (Å²) >= 11 is 0. The molecule has 2 rings (SSSR count). The first kappa shape index (κ1) is 16.4. The molecule has 3 nitrogen and oxygen atoms in total. The van der Waals surface area contributed by atoms with E-state index in [1.54, 1.807) is 0 Å². The average Bonchev–Trinajstić information content (AvgIpc) is 2.81. The monoisotopic (exact) mass is 283 g/mol. The minimum Gasteiger partial charge on any atom is -0.316 e. The van der Waals surface area contributed by atoms with Crippen molar-refractivity contribution in [3.05, 3.63) is 35.4 Å². The number of benzene rings is 1. The Morgan fingerprint density at radius 3 is 2.37 bits per heavy atom. The van der Waals surface area contributed by atoms with E-state index in [1.165, 1.54) is 30.6 Å². The molecule has 0 radical (unpaired) electrons. The SMILES string of the molecule is CNCc1ccc(CN2CCC(N(C)C)C2)cc1.Cl. The van der Waals surface area contributed by atoms with E-state index in [1.807, 2.05) is 7.05 Å². The van der Waals surface area contributed by atoms with Gasteiger partial charge in [-0.25, -0.2) is 0 Å². The zero-order valence-corrected chi connectivity index (χ0v) is 13.0. The van der Waals surface area contributed by atoms with Crippen LogP contribution < -0.4 is 5.32 Å². The zero-order chi connectivity index (χ0) is 13.0. The Kier molecular flexibility index (Phi) is 6.80. The zero-order valence-electron chi connectivity index (χ0n) is 12.2. The van der Waals surface area contributed by atoms with Crippen LogP contribution in [-0.4, -0.2) is 50.1 Å². The third-order valence-corrected chi connectivity index (χ3v) is 3.79. The third kappa shape index (κ3) is 4.77. The summed E-state index contributed by atoms with van der Waals surface area (Å²) in [5.74, 6) is 0. The van der Waals surface area contributed by atoms with E-state index in [0.29, 0.717) is 0 Å². The van der Waals surface area contributed by atoms with E-state index in [0.717, 1.165) is 19.1 Å². The molecule has 0 saturated carbocycles. The number of hydrogen-bond donors (Lipinski definition) is 1. The van der Waals surface area contributed by atoms with Gasteiger partial charge in [0.2, 0.25) is 0 Å². The molecule has 1 saturated heterocycles. The Morgan fingerprint density at radius 1 is 1.21 bits per heavy atom. The van der Waals surface area contributed by atoms with Crippen LogP contribution in [0.25, 0.3) is 0 Å². The molecule has 0 bridgehead atoms. The smallest absolute Gasteiger partial charge is 0.0234 e. The van der Waals surface area contributed by atoms with Gasteiger partial charge in [-0.1, -0.05) is 24.3 Å². The molecule has 1 heterocycles. The van der Waals surface area contributed by atoms with E-state index < -0.39 is 0 Å². The van der Waals surface area contributed by atoms with Crippen LogP contribution in [0, 0.1) is 0 Å². The van der Waals surface area contributed by atoms with Crippen molar-refractivity contribution in [2.75, 3.05) is 34.2 Å². The van der Waals surface area contributed by atoms with Crippen LogP contribution in [0.1, 0.15) is 17.5 Å². The Balaban J connectivity index is 0.00000180. The second-order valence-electron chi connectivity index (χ2n) is 5.49. The van der Waals surface area contributed by atoms with Gasteiger partial charge in [0.05, 0.1) is 0 Å². The van der Waals surface area contributed by atoms with Crippen molar-refractivity contribution in [1.29, 1.82) is 0 Å². The molecule has 0 aliphatic carbocycles. The molecular formula is C15H26ClN3. The minimum atomic E-state index is 0. The normalized spacial score (nSPS) is 19.7. The molecular weight excluding hydrogens is 258 g/mol. The summed E-state index contributed by atoms with van der Waals surface area (Å²) in [6.07, 6.45) is 1.30. The quantitative estimate of drug-likeness (QED) is 0.891. The van der Waals surface area contributed by atoms with Gasteiger partial charge < -0.3 is 10.2 Å². The number of hydrogen-bond acceptors (Lipinski definition) is 3. The topological polar surface area (TPSA) is 18.5 Å². The van der Waals surface area contributed by atoms with Crippen LogP contribution in [0.3, 0.4) is 0 Å². The highest BCUT2D eigenvalue weighted by Gasteiger charge is 2.23. The lowest BCUT2D eigenvalue weighted by Crippen LogP contribution is -2.31. The van der Waals surface area contributed by atoms with E-state index in [4.69, 9.17) is 0 Å². The van der Waals surface area contributed by atoms with E-state index in [-0.39, 0.29) is 12.4 Å². The number of nitrogens with zero attached hydrogens (tertiary/aromatic N) is 2. The van der Waals surface area contributed by atoms with Gasteiger partial charge >= 0.3 is 0 Å². The highest BCUT2D eigenvalue weighted by Crippen LogP contribution is 2.16. The Morgan fingerprint density at radius 2 is 1.84 bits per heavy atom. The largest absolute Gasteiger partial charge is 0.316 e. The fourth-order valence-electron chi connectivity index (χ4n) is 2.60. The maximum absolute atomic E-state index is 3.18. The molecule has 1 aliphatic heterocycles. The number of rotatable bonds is 5. The Hall–Kier alpha value is -0.610. The predicted octanol–water partition coefficient (Wildman–Crippen LogP) is 1.96. The van der Waals surface area contributed by atoms with Crippen molar-refractivity contribution in [3.63, 3.8) is 0 Å². The van der Waals surface area contributed by atoms with Crippen LogP contribution in [0.2, 0.25) is 0 Å². The lowest BCUT2D eigenvalue weighted by atomic mass is 10.1. The van der Waals surface area contributed by atoms with E-state index in [9.17, 15) is 0 Å². The molecule has 0 aromatic heterocycles. The molecule has 4 heteroatoms. The van der Waals surface area contributed by atoms with Gasteiger partial charge in [-0.05, 0) is 38.7 Å². The summed E-state index contributed by atoms with van der Waals surface area (Å²) in [5, 5.41) is 3.18. The maximum atomic E-state index is 3.18. The summed E-state index contributed by atoms with van der Waals surface area (Å²) in [4.78, 5) is 4.90. The van der Waals surface area contributed by atoms with Gasteiger partial charge in [0.15, 0.2) is 0 Å². The summed E-state index contributed by atoms with van der Waals surface area (Å²) in [5.41, 5.74) is 2.78. The fourth-order valence-corrected chi connectivity index (χ4v) is 2.60. The van der Waals surface area contributed by atoms with E-state index in [2.05, 4.69) is 53.5 Å². The van der Waals surface area contributed by atoms with E-state index >= 15 is 0 Å². The predicted molar refractivity (Wildman–Crippen MR) is 83.8 cm³/mol. The van der Waals surface area contributed by atoms with Gasteiger partial charge in [0.25, 0.3) is 0 Å². The first-order valence-electron chi connectivity index (χ1n) is 6.80.